The number of ether oxygens (including phenoxy) is 1. The highest BCUT2D eigenvalue weighted by Crippen LogP contribution is 2.61. The van der Waals surface area contributed by atoms with Gasteiger partial charge in [-0.3, -0.25) is 19.2 Å². The van der Waals surface area contributed by atoms with Gasteiger partial charge in [0.1, 0.15) is 22.9 Å². The minimum absolute atomic E-state index is 0.000870. The molecule has 4 amide bonds. The van der Waals surface area contributed by atoms with Crippen molar-refractivity contribution < 1.29 is 37.4 Å². The molecular weight excluding hydrogens is 1060 g/mol. The molecule has 9 rings (SSSR count). The number of carbonyl (C=O) groups excluding carboxylic acids is 4. The van der Waals surface area contributed by atoms with E-state index in [-0.39, 0.29) is 88.2 Å². The number of aliphatic hydroxyl groups excluding tert-OH is 1. The molecule has 0 radical (unpaired) electrons. The fraction of sp³-hybridized carbons (Fsp3) is 0.508. The summed E-state index contributed by atoms with van der Waals surface area (Å²) < 4.78 is 32.7. The van der Waals surface area contributed by atoms with Crippen molar-refractivity contribution in [1.82, 2.24) is 35.4 Å². The van der Waals surface area contributed by atoms with Gasteiger partial charge in [-0.1, -0.05) is 68.8 Å². The van der Waals surface area contributed by atoms with Gasteiger partial charge in [-0.15, -0.1) is 11.3 Å². The highest BCUT2D eigenvalue weighted by molar-refractivity contribution is 7.92. The molecule has 4 fully saturated rings. The van der Waals surface area contributed by atoms with Gasteiger partial charge < -0.3 is 40.9 Å². The number of β-amino-alcohol motifs (C(OH)–C–C–N with tert-alkyl or cyclic N) is 1. The Morgan fingerprint density at radius 1 is 0.899 bits per heavy atom. The van der Waals surface area contributed by atoms with Gasteiger partial charge in [-0.25, -0.2) is 18.4 Å². The highest BCUT2D eigenvalue weighted by atomic mass is 35.5. The second-order valence-corrected chi connectivity index (χ2v) is 27.5. The molecule has 79 heavy (non-hydrogen) atoms. The SMILES string of the molecule is Cc1cc(Nc2ncc(Cl)c(Nc3ccccc3S(=O)(=O)C(C)C)n2)c(OC(C)C)cc1C1CCN(C(=O)C2CC3(CC(C(=O)NC(C(=O)N4C[C@H](O)C[C@H]4C(=O)NCc4ccc(-c5scnc5C)cc4)C(C)(C)C)C3)C2)CC1. The highest BCUT2D eigenvalue weighted by Gasteiger charge is 2.57. The number of amides is 4. The van der Waals surface area contributed by atoms with Gasteiger partial charge in [0, 0.05) is 44.4 Å². The van der Waals surface area contributed by atoms with Crippen LogP contribution in [0.3, 0.4) is 0 Å². The van der Waals surface area contributed by atoms with E-state index in [2.05, 4.69) is 49.2 Å². The Morgan fingerprint density at radius 2 is 1.58 bits per heavy atom. The molecule has 3 atom stereocenters. The number of aromatic nitrogens is 3. The molecule has 2 aliphatic carbocycles. The number of anilines is 4. The Morgan fingerprint density at radius 3 is 2.23 bits per heavy atom. The van der Waals surface area contributed by atoms with Crippen molar-refractivity contribution in [3.05, 3.63) is 99.8 Å². The van der Waals surface area contributed by atoms with Crippen molar-refractivity contribution >= 4 is 79.5 Å². The summed E-state index contributed by atoms with van der Waals surface area (Å²) in [6.07, 6.45) is 4.92. The topological polar surface area (TPSA) is 225 Å². The Bertz CT molecular complexity index is 3190. The first-order chi connectivity index (χ1) is 37.4. The molecule has 5 N–H and O–H groups in total. The predicted octanol–water partition coefficient (Wildman–Crippen LogP) is 9.65. The Kier molecular flexibility index (Phi) is 16.9. The first-order valence-electron chi connectivity index (χ1n) is 27.4. The fourth-order valence-electron chi connectivity index (χ4n) is 11.8. The molecule has 4 heterocycles. The first-order valence-corrected chi connectivity index (χ1v) is 30.3. The van der Waals surface area contributed by atoms with Crippen molar-refractivity contribution in [3.8, 4) is 16.2 Å². The van der Waals surface area contributed by atoms with Gasteiger partial charge in [-0.2, -0.15) is 4.98 Å². The summed E-state index contributed by atoms with van der Waals surface area (Å²) in [4.78, 5) is 73.9. The molecule has 3 aromatic carbocycles. The van der Waals surface area contributed by atoms with Crippen LogP contribution in [0.4, 0.5) is 23.1 Å². The number of piperidine rings is 1. The summed E-state index contributed by atoms with van der Waals surface area (Å²) in [5.74, 6) is 0.148. The van der Waals surface area contributed by atoms with E-state index in [1.54, 1.807) is 49.4 Å². The zero-order valence-electron chi connectivity index (χ0n) is 46.6. The van der Waals surface area contributed by atoms with E-state index < -0.39 is 44.6 Å². The van der Waals surface area contributed by atoms with Crippen LogP contribution < -0.4 is 26.0 Å². The Hall–Kier alpha value is -6.15. The smallest absolute Gasteiger partial charge is 0.246 e. The quantitative estimate of drug-likeness (QED) is 0.0586. The maximum atomic E-state index is 14.3. The minimum Gasteiger partial charge on any atom is -0.489 e. The number of nitrogens with zero attached hydrogens (tertiary/aromatic N) is 5. The minimum atomic E-state index is -3.61. The molecule has 4 aliphatic rings. The van der Waals surface area contributed by atoms with Crippen molar-refractivity contribution in [2.45, 2.75) is 154 Å². The molecule has 422 valence electrons. The number of halogens is 1. The number of thiazole rings is 1. The van der Waals surface area contributed by atoms with Crippen LogP contribution in [0.15, 0.2) is 77.3 Å². The molecule has 5 aromatic rings. The maximum Gasteiger partial charge on any atom is 0.246 e. The largest absolute Gasteiger partial charge is 0.489 e. The van der Waals surface area contributed by atoms with Crippen molar-refractivity contribution in [3.63, 3.8) is 0 Å². The lowest BCUT2D eigenvalue weighted by Crippen LogP contribution is -2.61. The number of benzene rings is 3. The van der Waals surface area contributed by atoms with Crippen LogP contribution in [0.25, 0.3) is 10.4 Å². The average Bonchev–Trinajstić information content (AvgIpc) is 4.18. The fourth-order valence-corrected chi connectivity index (χ4v) is 14.0. The van der Waals surface area contributed by atoms with E-state index in [1.807, 2.05) is 82.3 Å². The monoisotopic (exact) mass is 1140 g/mol. The predicted molar refractivity (Wildman–Crippen MR) is 307 cm³/mol. The van der Waals surface area contributed by atoms with Crippen LogP contribution in [-0.4, -0.2) is 111 Å². The zero-order chi connectivity index (χ0) is 56.7. The summed E-state index contributed by atoms with van der Waals surface area (Å²) >= 11 is 8.12. The van der Waals surface area contributed by atoms with Gasteiger partial charge in [0.25, 0.3) is 0 Å². The van der Waals surface area contributed by atoms with Crippen LogP contribution in [0.5, 0.6) is 5.75 Å². The summed E-state index contributed by atoms with van der Waals surface area (Å²) in [6, 6.07) is 16.9. The number of rotatable bonds is 17. The van der Waals surface area contributed by atoms with Crippen LogP contribution in [0.1, 0.15) is 122 Å². The molecule has 2 saturated heterocycles. The zero-order valence-corrected chi connectivity index (χ0v) is 48.9. The number of aryl methyl sites for hydroxylation is 2. The molecule has 1 spiro atoms. The van der Waals surface area contributed by atoms with E-state index in [0.29, 0.717) is 43.1 Å². The number of carbonyl (C=O) groups is 4. The first kappa shape index (κ1) is 57.5. The van der Waals surface area contributed by atoms with E-state index in [0.717, 1.165) is 58.5 Å². The van der Waals surface area contributed by atoms with Crippen LogP contribution in [-0.2, 0) is 35.6 Å². The van der Waals surface area contributed by atoms with Crippen LogP contribution in [0, 0.1) is 36.5 Å². The molecule has 0 bridgehead atoms. The number of nitrogens with one attached hydrogen (secondary N) is 4. The van der Waals surface area contributed by atoms with Gasteiger partial charge in [0.2, 0.25) is 29.6 Å². The van der Waals surface area contributed by atoms with Crippen LogP contribution in [0.2, 0.25) is 5.02 Å². The number of hydrogen-bond acceptors (Lipinski definition) is 14. The summed E-state index contributed by atoms with van der Waals surface area (Å²) in [7, 11) is -3.61. The molecule has 2 aliphatic heterocycles. The molecule has 2 aromatic heterocycles. The normalized spacial score (nSPS) is 21.8. The second-order valence-electron chi connectivity index (χ2n) is 23.8. The van der Waals surface area contributed by atoms with Gasteiger partial charge in [0.05, 0.1) is 56.0 Å². The Labute approximate surface area is 473 Å². The third kappa shape index (κ3) is 12.6. The van der Waals surface area contributed by atoms with E-state index in [1.165, 1.54) is 11.1 Å². The number of para-hydroxylation sites is 1. The van der Waals surface area contributed by atoms with E-state index >= 15 is 0 Å². The number of hydrogen-bond donors (Lipinski definition) is 5. The molecule has 20 heteroatoms. The van der Waals surface area contributed by atoms with Crippen molar-refractivity contribution in [2.75, 3.05) is 30.3 Å². The lowest BCUT2D eigenvalue weighted by atomic mass is 9.47. The lowest BCUT2D eigenvalue weighted by Gasteiger charge is -2.57. The number of likely N-dealkylation sites (tertiary alicyclic amines) is 2. The summed E-state index contributed by atoms with van der Waals surface area (Å²) in [5, 5.41) is 22.8. The van der Waals surface area contributed by atoms with Crippen LogP contribution >= 0.6 is 22.9 Å². The second kappa shape index (κ2) is 23.1. The Balaban J connectivity index is 0.760. The number of aliphatic hydroxyl groups is 1. The third-order valence-electron chi connectivity index (χ3n) is 16.2. The van der Waals surface area contributed by atoms with Gasteiger partial charge in [-0.05, 0) is 143 Å². The maximum absolute atomic E-state index is 14.3. The van der Waals surface area contributed by atoms with Crippen molar-refractivity contribution in [2.24, 2.45) is 22.7 Å². The molecular formula is C59H74ClN9O8S2. The lowest BCUT2D eigenvalue weighted by molar-refractivity contribution is -0.158. The standard InChI is InChI=1S/C59H74ClN9O8S2/c1-33(2)77-48-24-43(35(5)22-46(48)65-57-62-30-44(60)52(67-57)64-45-12-10-11-13-49(45)79(75,76)34(3)4)38-18-20-68(21-19-38)55(73)41-27-59(28-41)25-40(26-59)53(71)66-51(58(7,8)9)56(74)69-31-42(70)23-47(69)54(72)61-29-37-14-16-39(17-15-37)50-36(6)63-32-78-50/h10-17,22,24,30,32-34,38,40-42,47,51,70H,18-21,23,25-29,31H2,1-9H3,(H,61,72)(H,66,71)(H2,62,64,65,67)/t40?,41?,42-,47+,51?,59?/m1/s1. The average molecular weight is 1140 g/mol. The molecule has 17 nitrogen and oxygen atoms in total. The van der Waals surface area contributed by atoms with Gasteiger partial charge in [0.15, 0.2) is 15.7 Å². The summed E-state index contributed by atoms with van der Waals surface area (Å²) in [5.41, 5.74) is 7.19. The van der Waals surface area contributed by atoms with E-state index in [9.17, 15) is 32.7 Å². The third-order valence-corrected chi connectivity index (χ3v) is 19.6. The molecule has 1 unspecified atom stereocenters. The van der Waals surface area contributed by atoms with E-state index in [4.69, 9.17) is 16.3 Å². The molecule has 2 saturated carbocycles. The number of sulfone groups is 1. The van der Waals surface area contributed by atoms with Crippen molar-refractivity contribution in [1.29, 1.82) is 0 Å². The van der Waals surface area contributed by atoms with Gasteiger partial charge >= 0.3 is 0 Å². The summed E-state index contributed by atoms with van der Waals surface area (Å²) in [6.45, 7) is 18.4.